The lowest BCUT2D eigenvalue weighted by Crippen LogP contribution is -2.55. The number of carbonyl (C=O) groups is 1. The van der Waals surface area contributed by atoms with E-state index in [0.29, 0.717) is 23.5 Å². The second kappa shape index (κ2) is 8.79. The highest BCUT2D eigenvalue weighted by atomic mass is 16.1. The molecule has 1 fully saturated rings. The minimum atomic E-state index is -0.445. The molecule has 4 aromatic rings. The summed E-state index contributed by atoms with van der Waals surface area (Å²) in [7, 11) is 2.19. The summed E-state index contributed by atoms with van der Waals surface area (Å²) in [5, 5.41) is 3.41. The van der Waals surface area contributed by atoms with Crippen molar-refractivity contribution < 1.29 is 4.79 Å². The first kappa shape index (κ1) is 21.9. The molecule has 8 heteroatoms. The number of hydrogen-bond acceptors (Lipinski definition) is 6. The minimum Gasteiger partial charge on any atom is -0.366 e. The summed E-state index contributed by atoms with van der Waals surface area (Å²) in [6, 6.07) is 16.7. The fraction of sp³-hybridized carbons (Fsp3) is 0.269. The Balaban J connectivity index is 1.38. The molecule has 1 aliphatic heterocycles. The highest BCUT2D eigenvalue weighted by Gasteiger charge is 2.26. The number of nitrogens with two attached hydrogens (primary N) is 1. The Morgan fingerprint density at radius 1 is 1.00 bits per heavy atom. The van der Waals surface area contributed by atoms with Crippen molar-refractivity contribution in [3.63, 3.8) is 0 Å². The Kier molecular flexibility index (Phi) is 5.67. The van der Waals surface area contributed by atoms with Crippen molar-refractivity contribution >= 4 is 28.7 Å². The topological polar surface area (TPSA) is 91.8 Å². The number of primary amides is 1. The van der Waals surface area contributed by atoms with Gasteiger partial charge in [-0.05, 0) is 57.3 Å². The summed E-state index contributed by atoms with van der Waals surface area (Å²) >= 11 is 0. The highest BCUT2D eigenvalue weighted by Crippen LogP contribution is 2.28. The van der Waals surface area contributed by atoms with E-state index in [1.165, 1.54) is 5.69 Å². The number of rotatable bonds is 5. The van der Waals surface area contributed by atoms with Crippen LogP contribution in [0.3, 0.4) is 0 Å². The molecule has 0 spiro atoms. The van der Waals surface area contributed by atoms with Gasteiger partial charge in [0.2, 0.25) is 5.91 Å². The van der Waals surface area contributed by atoms with E-state index in [1.54, 1.807) is 24.5 Å². The van der Waals surface area contributed by atoms with Crippen molar-refractivity contribution in [2.75, 3.05) is 30.4 Å². The van der Waals surface area contributed by atoms with Crippen LogP contribution in [0.2, 0.25) is 0 Å². The van der Waals surface area contributed by atoms with E-state index in [1.807, 2.05) is 22.7 Å². The average molecular weight is 456 g/mol. The number of amides is 1. The van der Waals surface area contributed by atoms with Crippen LogP contribution in [0.1, 0.15) is 24.2 Å². The van der Waals surface area contributed by atoms with Crippen LogP contribution in [0.4, 0.5) is 17.2 Å². The molecule has 0 bridgehead atoms. The molecule has 0 aliphatic carbocycles. The second-order valence-corrected chi connectivity index (χ2v) is 9.02. The third kappa shape index (κ3) is 4.08. The lowest BCUT2D eigenvalue weighted by molar-refractivity contribution is 0.100. The summed E-state index contributed by atoms with van der Waals surface area (Å²) < 4.78 is 1.98. The van der Waals surface area contributed by atoms with E-state index in [2.05, 4.69) is 70.2 Å². The van der Waals surface area contributed by atoms with E-state index in [4.69, 9.17) is 5.73 Å². The van der Waals surface area contributed by atoms with Crippen LogP contribution in [0, 0.1) is 0 Å². The quantitative estimate of drug-likeness (QED) is 0.476. The van der Waals surface area contributed by atoms with Gasteiger partial charge in [-0.15, -0.1) is 0 Å². The molecular weight excluding hydrogens is 426 g/mol. The van der Waals surface area contributed by atoms with Crippen molar-refractivity contribution in [1.82, 2.24) is 19.3 Å². The van der Waals surface area contributed by atoms with Gasteiger partial charge in [0.25, 0.3) is 0 Å². The van der Waals surface area contributed by atoms with Gasteiger partial charge >= 0.3 is 0 Å². The first-order valence-electron chi connectivity index (χ1n) is 11.5. The maximum Gasteiger partial charge on any atom is 0.248 e. The molecule has 2 aromatic heterocycles. The molecule has 2 aromatic carbocycles. The number of imidazole rings is 1. The number of anilines is 3. The van der Waals surface area contributed by atoms with Crippen molar-refractivity contribution in [3.8, 4) is 11.3 Å². The fourth-order valence-corrected chi connectivity index (χ4v) is 4.56. The lowest BCUT2D eigenvalue weighted by atomic mass is 10.1. The fourth-order valence-electron chi connectivity index (χ4n) is 4.56. The molecule has 0 unspecified atom stereocenters. The van der Waals surface area contributed by atoms with Gasteiger partial charge in [-0.25, -0.2) is 9.97 Å². The largest absolute Gasteiger partial charge is 0.366 e. The van der Waals surface area contributed by atoms with Crippen LogP contribution >= 0.6 is 0 Å². The first-order chi connectivity index (χ1) is 16.4. The maximum atomic E-state index is 11.4. The highest BCUT2D eigenvalue weighted by molar-refractivity contribution is 5.93. The normalized spacial score (nSPS) is 18.9. The molecule has 1 amide bonds. The zero-order valence-electron chi connectivity index (χ0n) is 19.6. The van der Waals surface area contributed by atoms with Crippen LogP contribution < -0.4 is 16.0 Å². The molecule has 34 heavy (non-hydrogen) atoms. The molecule has 2 atom stereocenters. The number of likely N-dealkylation sites (N-methyl/N-ethyl adjacent to an activating group) is 1. The van der Waals surface area contributed by atoms with E-state index in [-0.39, 0.29) is 0 Å². The van der Waals surface area contributed by atoms with Gasteiger partial charge in [-0.2, -0.15) is 0 Å². The summed E-state index contributed by atoms with van der Waals surface area (Å²) in [6.45, 7) is 6.62. The summed E-state index contributed by atoms with van der Waals surface area (Å²) in [5.41, 5.74) is 10.5. The lowest BCUT2D eigenvalue weighted by Gasteiger charge is -2.43. The molecule has 1 saturated heterocycles. The van der Waals surface area contributed by atoms with Gasteiger partial charge in [0, 0.05) is 60.1 Å². The van der Waals surface area contributed by atoms with Crippen molar-refractivity contribution in [1.29, 1.82) is 0 Å². The van der Waals surface area contributed by atoms with Crippen LogP contribution in [-0.4, -0.2) is 57.4 Å². The monoisotopic (exact) mass is 455 g/mol. The second-order valence-electron chi connectivity index (χ2n) is 9.02. The average Bonchev–Trinajstić information content (AvgIpc) is 3.33. The predicted molar refractivity (Wildman–Crippen MR) is 136 cm³/mol. The van der Waals surface area contributed by atoms with Crippen molar-refractivity contribution in [2.45, 2.75) is 25.9 Å². The molecule has 3 heterocycles. The molecule has 174 valence electrons. The molecule has 3 N–H and O–H groups in total. The number of carbonyl (C=O) groups excluding carboxylic acids is 1. The molecule has 5 rings (SSSR count). The zero-order valence-corrected chi connectivity index (χ0v) is 19.6. The van der Waals surface area contributed by atoms with Gasteiger partial charge in [0.05, 0.1) is 11.9 Å². The van der Waals surface area contributed by atoms with Gasteiger partial charge in [-0.3, -0.25) is 14.1 Å². The Morgan fingerprint density at radius 3 is 2.44 bits per heavy atom. The van der Waals surface area contributed by atoms with Gasteiger partial charge in [0.15, 0.2) is 11.5 Å². The molecular formula is C26H29N7O. The van der Waals surface area contributed by atoms with E-state index in [0.717, 1.165) is 35.7 Å². The third-order valence-electron chi connectivity index (χ3n) is 6.65. The van der Waals surface area contributed by atoms with Crippen molar-refractivity contribution in [3.05, 3.63) is 72.7 Å². The number of hydrogen-bond donors (Lipinski definition) is 2. The molecule has 1 aliphatic rings. The molecule has 0 saturated carbocycles. The smallest absolute Gasteiger partial charge is 0.248 e. The SMILES string of the molecule is C[C@@H]1CN(C)[C@@H](C)CN1c1ccc(Nc2ncc(-c3ccc(C(N)=O)cc3)n3ccnc23)cc1. The maximum absolute atomic E-state index is 11.4. The number of piperazine rings is 1. The van der Waals surface area contributed by atoms with Crippen LogP contribution in [0.25, 0.3) is 16.9 Å². The van der Waals surface area contributed by atoms with Crippen LogP contribution in [-0.2, 0) is 0 Å². The Labute approximate surface area is 199 Å². The third-order valence-corrected chi connectivity index (χ3v) is 6.65. The number of fused-ring (bicyclic) bond motifs is 1. The Bertz CT molecular complexity index is 1310. The number of aromatic nitrogens is 3. The number of nitrogens with one attached hydrogen (secondary N) is 1. The predicted octanol–water partition coefficient (Wildman–Crippen LogP) is 3.77. The minimum absolute atomic E-state index is 0.445. The first-order valence-corrected chi connectivity index (χ1v) is 11.5. The Hall–Kier alpha value is -3.91. The van der Waals surface area contributed by atoms with Gasteiger partial charge < -0.3 is 16.0 Å². The van der Waals surface area contributed by atoms with Gasteiger partial charge in [-0.1, -0.05) is 12.1 Å². The van der Waals surface area contributed by atoms with Crippen LogP contribution in [0.5, 0.6) is 0 Å². The number of benzene rings is 2. The van der Waals surface area contributed by atoms with E-state index >= 15 is 0 Å². The Morgan fingerprint density at radius 2 is 1.74 bits per heavy atom. The van der Waals surface area contributed by atoms with Gasteiger partial charge in [0.1, 0.15) is 0 Å². The zero-order chi connectivity index (χ0) is 23.8. The van der Waals surface area contributed by atoms with Crippen molar-refractivity contribution in [2.24, 2.45) is 5.73 Å². The molecule has 8 nitrogen and oxygen atoms in total. The summed E-state index contributed by atoms with van der Waals surface area (Å²) in [6.07, 6.45) is 5.46. The van der Waals surface area contributed by atoms with Crippen LogP contribution in [0.15, 0.2) is 67.1 Å². The van der Waals surface area contributed by atoms with E-state index < -0.39 is 5.91 Å². The van der Waals surface area contributed by atoms with E-state index in [9.17, 15) is 4.79 Å². The summed E-state index contributed by atoms with van der Waals surface area (Å²) in [5.74, 6) is 0.233. The molecule has 0 radical (unpaired) electrons. The number of nitrogens with zero attached hydrogens (tertiary/aromatic N) is 5. The standard InChI is InChI=1S/C26H29N7O/c1-17-16-33(18(2)15-31(17)3)22-10-8-21(9-11-22)30-25-26-28-12-13-32(26)23(14-29-25)19-4-6-20(7-5-19)24(27)34/h4-14,17-18H,15-16H2,1-3H3,(H2,27,34)(H,29,30)/t17-,18+/m0/s1. The summed E-state index contributed by atoms with van der Waals surface area (Å²) in [4.78, 5) is 25.4.